The first-order valence-corrected chi connectivity index (χ1v) is 7.69. The summed E-state index contributed by atoms with van der Waals surface area (Å²) in [4.78, 5) is 26.4. The van der Waals surface area contributed by atoms with Crippen molar-refractivity contribution in [2.75, 3.05) is 13.1 Å². The molecule has 0 saturated carbocycles. The third kappa shape index (κ3) is 2.63. The fraction of sp³-hybridized carbons (Fsp3) is 0.600. The highest BCUT2D eigenvalue weighted by atomic mass is 16.5. The van der Waals surface area contributed by atoms with E-state index in [1.807, 2.05) is 11.8 Å². The molecule has 0 radical (unpaired) electrons. The Morgan fingerprint density at radius 2 is 1.95 bits per heavy atom. The van der Waals surface area contributed by atoms with Gasteiger partial charge in [-0.1, -0.05) is 5.16 Å². The summed E-state index contributed by atoms with van der Waals surface area (Å²) in [5, 5.41) is 8.77. The second kappa shape index (κ2) is 5.90. The second-order valence-corrected chi connectivity index (χ2v) is 5.77. The quantitative estimate of drug-likeness (QED) is 0.856. The number of carbonyl (C=O) groups is 1. The second-order valence-electron chi connectivity index (χ2n) is 5.77. The molecule has 1 amide bonds. The van der Waals surface area contributed by atoms with E-state index in [1.165, 1.54) is 11.1 Å². The third-order valence-electron chi connectivity index (χ3n) is 4.18. The van der Waals surface area contributed by atoms with Crippen LogP contribution in [0.3, 0.4) is 0 Å². The average molecular weight is 304 g/mol. The lowest BCUT2D eigenvalue weighted by Gasteiger charge is -2.26. The minimum absolute atomic E-state index is 0.0856. The fourth-order valence-corrected chi connectivity index (χ4v) is 3.00. The maximum atomic E-state index is 12.3. The molecule has 1 fully saturated rings. The molecule has 2 aromatic rings. The average Bonchev–Trinajstić information content (AvgIpc) is 2.92. The number of hydrogen-bond donors (Lipinski definition) is 0. The Balaban J connectivity index is 1.78. The topological polar surface area (TPSA) is 81.2 Å². The Labute approximate surface area is 127 Å². The maximum Gasteiger partial charge on any atom is 0.296 e. The van der Waals surface area contributed by atoms with Gasteiger partial charge in [0, 0.05) is 19.5 Å². The van der Waals surface area contributed by atoms with Gasteiger partial charge in [-0.25, -0.2) is 4.68 Å². The number of hydrogen-bond acceptors (Lipinski definition) is 5. The zero-order chi connectivity index (χ0) is 15.7. The van der Waals surface area contributed by atoms with E-state index in [1.54, 1.807) is 6.92 Å². The maximum absolute atomic E-state index is 12.3. The molecule has 7 heteroatoms. The smallest absolute Gasteiger partial charge is 0.296 e. The predicted molar refractivity (Wildman–Crippen MR) is 80.6 cm³/mol. The normalized spacial score (nSPS) is 15.5. The van der Waals surface area contributed by atoms with E-state index in [9.17, 15) is 9.59 Å². The van der Waals surface area contributed by atoms with Gasteiger partial charge in [-0.15, -0.1) is 0 Å². The van der Waals surface area contributed by atoms with Gasteiger partial charge in [-0.2, -0.15) is 5.10 Å². The summed E-state index contributed by atoms with van der Waals surface area (Å²) >= 11 is 0. The molecule has 118 valence electrons. The molecule has 3 rings (SSSR count). The number of aryl methyl sites for hydroxylation is 3. The SMILES string of the molecule is Cc1nn(CCC(=O)N2CCCCC2)c(=O)c2noc(C)c12. The van der Waals surface area contributed by atoms with Crippen molar-refractivity contribution in [3.05, 3.63) is 21.8 Å². The molecular formula is C15H20N4O3. The number of piperidine rings is 1. The Kier molecular flexibility index (Phi) is 3.96. The summed E-state index contributed by atoms with van der Waals surface area (Å²) in [6.07, 6.45) is 3.60. The highest BCUT2D eigenvalue weighted by molar-refractivity contribution is 5.81. The highest BCUT2D eigenvalue weighted by Gasteiger charge is 2.18. The van der Waals surface area contributed by atoms with E-state index in [0.29, 0.717) is 16.8 Å². The lowest BCUT2D eigenvalue weighted by Crippen LogP contribution is -2.37. The summed E-state index contributed by atoms with van der Waals surface area (Å²) in [5.74, 6) is 0.677. The van der Waals surface area contributed by atoms with Gasteiger partial charge in [0.2, 0.25) is 5.91 Å². The van der Waals surface area contributed by atoms with Crippen LogP contribution in [0.4, 0.5) is 0 Å². The fourth-order valence-electron chi connectivity index (χ4n) is 3.00. The van der Waals surface area contributed by atoms with Gasteiger partial charge in [0.25, 0.3) is 5.56 Å². The number of amides is 1. The van der Waals surface area contributed by atoms with E-state index in [2.05, 4.69) is 10.3 Å². The number of fused-ring (bicyclic) bond motifs is 1. The summed E-state index contributed by atoms with van der Waals surface area (Å²) in [7, 11) is 0. The van der Waals surface area contributed by atoms with Crippen LogP contribution in [0.2, 0.25) is 0 Å². The summed E-state index contributed by atoms with van der Waals surface area (Å²) in [6.45, 7) is 5.49. The molecule has 0 unspecified atom stereocenters. The Bertz CT molecular complexity index is 756. The Morgan fingerprint density at radius 3 is 2.68 bits per heavy atom. The van der Waals surface area contributed by atoms with E-state index in [0.717, 1.165) is 25.9 Å². The highest BCUT2D eigenvalue weighted by Crippen LogP contribution is 2.16. The first kappa shape index (κ1) is 14.7. The van der Waals surface area contributed by atoms with Crippen molar-refractivity contribution in [3.63, 3.8) is 0 Å². The number of nitrogens with zero attached hydrogens (tertiary/aromatic N) is 4. The van der Waals surface area contributed by atoms with Gasteiger partial charge in [0.05, 0.1) is 17.6 Å². The Hall–Kier alpha value is -2.18. The third-order valence-corrected chi connectivity index (χ3v) is 4.18. The first-order chi connectivity index (χ1) is 10.6. The molecule has 0 bridgehead atoms. The van der Waals surface area contributed by atoms with Crippen LogP contribution >= 0.6 is 0 Å². The first-order valence-electron chi connectivity index (χ1n) is 7.69. The lowest BCUT2D eigenvalue weighted by molar-refractivity contribution is -0.132. The van der Waals surface area contributed by atoms with Crippen molar-refractivity contribution < 1.29 is 9.32 Å². The molecule has 0 N–H and O–H groups in total. The predicted octanol–water partition coefficient (Wildman–Crippen LogP) is 1.40. The number of likely N-dealkylation sites (tertiary alicyclic amines) is 1. The monoisotopic (exact) mass is 304 g/mol. The molecular weight excluding hydrogens is 284 g/mol. The molecule has 3 heterocycles. The molecule has 0 aliphatic carbocycles. The van der Waals surface area contributed by atoms with Gasteiger partial charge in [-0.3, -0.25) is 9.59 Å². The van der Waals surface area contributed by atoms with E-state index in [-0.39, 0.29) is 29.9 Å². The van der Waals surface area contributed by atoms with Crippen molar-refractivity contribution in [2.24, 2.45) is 0 Å². The molecule has 2 aromatic heterocycles. The molecule has 22 heavy (non-hydrogen) atoms. The lowest BCUT2D eigenvalue weighted by atomic mass is 10.1. The van der Waals surface area contributed by atoms with Crippen LogP contribution in [-0.2, 0) is 11.3 Å². The zero-order valence-corrected chi connectivity index (χ0v) is 13.0. The van der Waals surface area contributed by atoms with Gasteiger partial charge in [-0.05, 0) is 33.1 Å². The molecule has 1 saturated heterocycles. The van der Waals surface area contributed by atoms with Crippen molar-refractivity contribution in [1.29, 1.82) is 0 Å². The van der Waals surface area contributed by atoms with E-state index in [4.69, 9.17) is 4.52 Å². The van der Waals surface area contributed by atoms with Crippen LogP contribution in [0, 0.1) is 13.8 Å². The van der Waals surface area contributed by atoms with Crippen molar-refractivity contribution in [1.82, 2.24) is 19.8 Å². The van der Waals surface area contributed by atoms with Crippen LogP contribution in [0.25, 0.3) is 10.9 Å². The molecule has 0 aromatic carbocycles. The van der Waals surface area contributed by atoms with Crippen LogP contribution in [0.1, 0.15) is 37.1 Å². The Morgan fingerprint density at radius 1 is 1.23 bits per heavy atom. The summed E-state index contributed by atoms with van der Waals surface area (Å²) in [6, 6.07) is 0. The van der Waals surface area contributed by atoms with Gasteiger partial charge in [0.1, 0.15) is 5.76 Å². The summed E-state index contributed by atoms with van der Waals surface area (Å²) < 4.78 is 6.39. The minimum atomic E-state index is -0.302. The molecule has 1 aliphatic heterocycles. The zero-order valence-electron chi connectivity index (χ0n) is 13.0. The number of rotatable bonds is 3. The molecule has 1 aliphatic rings. The van der Waals surface area contributed by atoms with Crippen molar-refractivity contribution in [3.8, 4) is 0 Å². The molecule has 0 atom stereocenters. The standard InChI is InChI=1S/C15H20N4O3/c1-10-13-11(2)22-17-14(13)15(21)19(16-10)9-6-12(20)18-7-4-3-5-8-18/h3-9H2,1-2H3. The van der Waals surface area contributed by atoms with E-state index >= 15 is 0 Å². The van der Waals surface area contributed by atoms with Crippen LogP contribution in [0.15, 0.2) is 9.32 Å². The van der Waals surface area contributed by atoms with Crippen LogP contribution in [-0.4, -0.2) is 38.8 Å². The number of aromatic nitrogens is 3. The van der Waals surface area contributed by atoms with Gasteiger partial charge in [0.15, 0.2) is 5.52 Å². The van der Waals surface area contributed by atoms with E-state index < -0.39 is 0 Å². The molecule has 0 spiro atoms. The van der Waals surface area contributed by atoms with Crippen molar-refractivity contribution >= 4 is 16.8 Å². The van der Waals surface area contributed by atoms with Crippen LogP contribution < -0.4 is 5.56 Å². The molecule has 7 nitrogen and oxygen atoms in total. The van der Waals surface area contributed by atoms with Gasteiger partial charge >= 0.3 is 0 Å². The number of carbonyl (C=O) groups excluding carboxylic acids is 1. The van der Waals surface area contributed by atoms with Crippen molar-refractivity contribution in [2.45, 2.75) is 46.1 Å². The largest absolute Gasteiger partial charge is 0.360 e. The van der Waals surface area contributed by atoms with Gasteiger partial charge < -0.3 is 9.42 Å². The van der Waals surface area contributed by atoms with Crippen LogP contribution in [0.5, 0.6) is 0 Å². The summed E-state index contributed by atoms with van der Waals surface area (Å²) in [5.41, 5.74) is 0.679. The minimum Gasteiger partial charge on any atom is -0.360 e.